The second kappa shape index (κ2) is 9.59. The Kier molecular flexibility index (Phi) is 6.45. The Morgan fingerprint density at radius 2 is 1.94 bits per heavy atom. The van der Waals surface area contributed by atoms with Gasteiger partial charge in [0.2, 0.25) is 0 Å². The van der Waals surface area contributed by atoms with Crippen molar-refractivity contribution in [3.63, 3.8) is 0 Å². The van der Waals surface area contributed by atoms with Crippen LogP contribution >= 0.6 is 0 Å². The van der Waals surface area contributed by atoms with Gasteiger partial charge in [-0.15, -0.1) is 5.10 Å². The number of hydrogen-bond donors (Lipinski definition) is 3. The first kappa shape index (κ1) is 20.8. The number of carbonyl (C=O) groups is 2. The highest BCUT2D eigenvalue weighted by atomic mass is 16.2. The van der Waals surface area contributed by atoms with E-state index in [2.05, 4.69) is 33.2 Å². The van der Waals surface area contributed by atoms with Gasteiger partial charge in [-0.1, -0.05) is 43.2 Å². The number of urea groups is 1. The zero-order valence-corrected chi connectivity index (χ0v) is 17.7. The molecule has 0 unspecified atom stereocenters. The molecule has 0 atom stereocenters. The maximum Gasteiger partial charge on any atom is 0.319 e. The van der Waals surface area contributed by atoms with E-state index in [4.69, 9.17) is 0 Å². The largest absolute Gasteiger partial charge is 0.349 e. The van der Waals surface area contributed by atoms with Crippen molar-refractivity contribution < 1.29 is 9.59 Å². The third-order valence-corrected chi connectivity index (χ3v) is 5.72. The number of para-hydroxylation sites is 1. The van der Waals surface area contributed by atoms with Gasteiger partial charge in [-0.25, -0.2) is 9.48 Å². The van der Waals surface area contributed by atoms with E-state index in [-0.39, 0.29) is 18.0 Å². The van der Waals surface area contributed by atoms with Gasteiger partial charge >= 0.3 is 6.03 Å². The highest BCUT2D eigenvalue weighted by Crippen LogP contribution is 2.19. The van der Waals surface area contributed by atoms with Crippen molar-refractivity contribution in [2.24, 2.45) is 0 Å². The maximum absolute atomic E-state index is 12.5. The lowest BCUT2D eigenvalue weighted by Gasteiger charge is -2.12. The quantitative estimate of drug-likeness (QED) is 0.545. The Hall–Kier alpha value is -3.42. The molecule has 1 heterocycles. The van der Waals surface area contributed by atoms with Crippen molar-refractivity contribution >= 4 is 28.7 Å². The van der Waals surface area contributed by atoms with Gasteiger partial charge in [0.25, 0.3) is 5.91 Å². The molecule has 1 aromatic heterocycles. The Morgan fingerprint density at radius 1 is 1.13 bits per heavy atom. The molecule has 1 saturated carbocycles. The fraction of sp³-hybridized carbons (Fsp3) is 0.391. The monoisotopic (exact) mass is 420 g/mol. The van der Waals surface area contributed by atoms with Gasteiger partial charge in [-0.3, -0.25) is 4.79 Å². The minimum absolute atomic E-state index is 0.0611. The molecule has 0 aliphatic heterocycles. The summed E-state index contributed by atoms with van der Waals surface area (Å²) in [6.45, 7) is 2.94. The predicted octanol–water partition coefficient (Wildman–Crippen LogP) is 3.49. The second-order valence-electron chi connectivity index (χ2n) is 7.86. The normalized spacial score (nSPS) is 14.0. The molecule has 0 saturated heterocycles. The molecule has 4 rings (SSSR count). The highest BCUT2D eigenvalue weighted by molar-refractivity contribution is 5.97. The van der Waals surface area contributed by atoms with Crippen LogP contribution in [0.5, 0.6) is 0 Å². The number of fused-ring (bicyclic) bond motifs is 1. The smallest absolute Gasteiger partial charge is 0.319 e. The van der Waals surface area contributed by atoms with Crippen LogP contribution in [0.3, 0.4) is 0 Å². The molecular formula is C23H28N6O2. The second-order valence-corrected chi connectivity index (χ2v) is 7.86. The van der Waals surface area contributed by atoms with Crippen LogP contribution in [0, 0.1) is 0 Å². The minimum atomic E-state index is -0.254. The summed E-state index contributed by atoms with van der Waals surface area (Å²) >= 11 is 0. The molecule has 1 aliphatic carbocycles. The molecule has 2 aromatic carbocycles. The lowest BCUT2D eigenvalue weighted by atomic mass is 10.1. The zero-order valence-electron chi connectivity index (χ0n) is 17.7. The number of aryl methyl sites for hydroxylation is 1. The number of nitrogens with zero attached hydrogens (tertiary/aromatic N) is 3. The Labute approximate surface area is 181 Å². The molecule has 3 amide bonds. The summed E-state index contributed by atoms with van der Waals surface area (Å²) in [6, 6.07) is 13.2. The van der Waals surface area contributed by atoms with E-state index in [1.807, 2.05) is 30.3 Å². The summed E-state index contributed by atoms with van der Waals surface area (Å²) in [5.74, 6) is -0.0611. The van der Waals surface area contributed by atoms with Gasteiger partial charge in [0.15, 0.2) is 0 Å². The molecule has 0 spiro atoms. The summed E-state index contributed by atoms with van der Waals surface area (Å²) in [5.41, 5.74) is 4.00. The van der Waals surface area contributed by atoms with Gasteiger partial charge in [0.1, 0.15) is 5.52 Å². The zero-order chi connectivity index (χ0) is 21.6. The van der Waals surface area contributed by atoms with Crippen LogP contribution in [0.15, 0.2) is 42.5 Å². The summed E-state index contributed by atoms with van der Waals surface area (Å²) in [6.07, 6.45) is 5.30. The molecule has 8 nitrogen and oxygen atoms in total. The first-order chi connectivity index (χ1) is 15.1. The van der Waals surface area contributed by atoms with Gasteiger partial charge in [0, 0.05) is 23.8 Å². The molecular weight excluding hydrogens is 392 g/mol. The number of carbonyl (C=O) groups excluding carboxylic acids is 2. The van der Waals surface area contributed by atoms with Gasteiger partial charge in [0.05, 0.1) is 12.1 Å². The Morgan fingerprint density at radius 3 is 2.74 bits per heavy atom. The fourth-order valence-corrected chi connectivity index (χ4v) is 4.01. The van der Waals surface area contributed by atoms with Crippen LogP contribution in [-0.2, 0) is 13.0 Å². The molecule has 1 aliphatic rings. The van der Waals surface area contributed by atoms with E-state index in [1.54, 1.807) is 16.8 Å². The maximum atomic E-state index is 12.5. The van der Waals surface area contributed by atoms with Gasteiger partial charge in [-0.2, -0.15) is 0 Å². The van der Waals surface area contributed by atoms with E-state index in [9.17, 15) is 9.59 Å². The number of benzene rings is 2. The number of hydrogen-bond acceptors (Lipinski definition) is 4. The SMILES string of the molecule is CCc1ccccc1NC(=O)NCCn1nnc2cc(C(=O)NC3CCCC3)ccc21. The first-order valence-corrected chi connectivity index (χ1v) is 10.9. The van der Waals surface area contributed by atoms with Crippen LogP contribution < -0.4 is 16.0 Å². The van der Waals surface area contributed by atoms with Gasteiger partial charge < -0.3 is 16.0 Å². The van der Waals surface area contributed by atoms with E-state index in [1.165, 1.54) is 12.8 Å². The Balaban J connectivity index is 1.32. The van der Waals surface area contributed by atoms with E-state index in [0.29, 0.717) is 24.2 Å². The first-order valence-electron chi connectivity index (χ1n) is 10.9. The highest BCUT2D eigenvalue weighted by Gasteiger charge is 2.18. The third-order valence-electron chi connectivity index (χ3n) is 5.72. The standard InChI is InChI=1S/C23H28N6O2/c1-2-16-7-3-6-10-19(16)26-23(31)24-13-14-29-21-12-11-17(15-20(21)27-28-29)22(30)25-18-8-4-5-9-18/h3,6-7,10-12,15,18H,2,4-5,8-9,13-14H2,1H3,(H,25,30)(H2,24,26,31). The number of anilines is 1. The van der Waals surface area contributed by atoms with Crippen molar-refractivity contribution in [1.82, 2.24) is 25.6 Å². The number of aromatic nitrogens is 3. The van der Waals surface area contributed by atoms with E-state index >= 15 is 0 Å². The molecule has 0 radical (unpaired) electrons. The Bertz CT molecular complexity index is 1070. The number of rotatable bonds is 7. The van der Waals surface area contributed by atoms with Crippen molar-refractivity contribution in [2.75, 3.05) is 11.9 Å². The van der Waals surface area contributed by atoms with E-state index < -0.39 is 0 Å². The molecule has 8 heteroatoms. The molecule has 0 bridgehead atoms. The minimum Gasteiger partial charge on any atom is -0.349 e. The van der Waals surface area contributed by atoms with Crippen LogP contribution in [0.25, 0.3) is 11.0 Å². The predicted molar refractivity (Wildman–Crippen MR) is 120 cm³/mol. The summed E-state index contributed by atoms with van der Waals surface area (Å²) in [4.78, 5) is 24.7. The van der Waals surface area contributed by atoms with E-state index in [0.717, 1.165) is 36.0 Å². The van der Waals surface area contributed by atoms with Crippen LogP contribution in [0.4, 0.5) is 10.5 Å². The summed E-state index contributed by atoms with van der Waals surface area (Å²) in [7, 11) is 0. The number of nitrogens with one attached hydrogen (secondary N) is 3. The van der Waals surface area contributed by atoms with Crippen molar-refractivity contribution in [1.29, 1.82) is 0 Å². The summed E-state index contributed by atoms with van der Waals surface area (Å²) < 4.78 is 1.73. The van der Waals surface area contributed by atoms with Crippen LogP contribution in [0.2, 0.25) is 0 Å². The van der Waals surface area contributed by atoms with Crippen LogP contribution in [0.1, 0.15) is 48.5 Å². The van der Waals surface area contributed by atoms with Crippen molar-refractivity contribution in [3.8, 4) is 0 Å². The van der Waals surface area contributed by atoms with Gasteiger partial charge in [-0.05, 0) is 49.1 Å². The fourth-order valence-electron chi connectivity index (χ4n) is 4.01. The average molecular weight is 421 g/mol. The molecule has 1 fully saturated rings. The molecule has 3 N–H and O–H groups in total. The lowest BCUT2D eigenvalue weighted by molar-refractivity contribution is 0.0938. The van der Waals surface area contributed by atoms with Crippen molar-refractivity contribution in [2.45, 2.75) is 51.6 Å². The molecule has 3 aromatic rings. The topological polar surface area (TPSA) is 101 Å². The number of amides is 3. The molecule has 31 heavy (non-hydrogen) atoms. The lowest BCUT2D eigenvalue weighted by Crippen LogP contribution is -2.32. The molecule has 162 valence electrons. The van der Waals surface area contributed by atoms with Crippen molar-refractivity contribution in [3.05, 3.63) is 53.6 Å². The summed E-state index contributed by atoms with van der Waals surface area (Å²) in [5, 5.41) is 17.2. The average Bonchev–Trinajstić information content (AvgIpc) is 3.43. The third kappa shape index (κ3) is 5.02. The van der Waals surface area contributed by atoms with Crippen LogP contribution in [-0.4, -0.2) is 39.5 Å².